The van der Waals surface area contributed by atoms with Gasteiger partial charge in [0, 0.05) is 22.7 Å². The van der Waals surface area contributed by atoms with E-state index in [0.717, 1.165) is 11.2 Å². The number of esters is 1. The average Bonchev–Trinajstić information content (AvgIpc) is 3.81. The van der Waals surface area contributed by atoms with Gasteiger partial charge in [-0.25, -0.2) is 23.4 Å². The van der Waals surface area contributed by atoms with E-state index in [9.17, 15) is 35.9 Å². The van der Waals surface area contributed by atoms with Crippen molar-refractivity contribution in [2.24, 2.45) is 21.6 Å². The van der Waals surface area contributed by atoms with E-state index in [2.05, 4.69) is 15.2 Å². The molecule has 11 nitrogen and oxygen atoms in total. The number of hydrogen-bond donors (Lipinski definition) is 1. The number of amides is 1. The van der Waals surface area contributed by atoms with Gasteiger partial charge in [-0.05, 0) is 40.7 Å². The van der Waals surface area contributed by atoms with Gasteiger partial charge in [0.25, 0.3) is 5.91 Å². The van der Waals surface area contributed by atoms with Gasteiger partial charge in [-0.2, -0.15) is 32.4 Å². The van der Waals surface area contributed by atoms with Crippen LogP contribution in [-0.4, -0.2) is 60.3 Å². The summed E-state index contributed by atoms with van der Waals surface area (Å²) in [5, 5.41) is 7.24. The number of carbonyl (C=O) groups excluding carboxylic acids is 2. The molecule has 1 amide bonds. The van der Waals surface area contributed by atoms with Crippen molar-refractivity contribution in [2.45, 2.75) is 78.6 Å². The van der Waals surface area contributed by atoms with Crippen LogP contribution in [0.5, 0.6) is 0 Å². The maximum absolute atomic E-state index is 14.9. The summed E-state index contributed by atoms with van der Waals surface area (Å²) in [6.07, 6.45) is 0.00132. The highest BCUT2D eigenvalue weighted by atomic mass is 35.5. The second-order valence-corrected chi connectivity index (χ2v) is 14.9. The fourth-order valence-corrected chi connectivity index (χ4v) is 6.31. The Morgan fingerprint density at radius 3 is 2.23 bits per heavy atom. The maximum Gasteiger partial charge on any atom is 0.335 e. The molecule has 0 bridgehead atoms. The lowest BCUT2D eigenvalue weighted by Crippen LogP contribution is -2.47. The summed E-state index contributed by atoms with van der Waals surface area (Å²) in [4.78, 5) is 37.6. The van der Waals surface area contributed by atoms with Crippen LogP contribution < -0.4 is 5.73 Å². The van der Waals surface area contributed by atoms with Crippen molar-refractivity contribution >= 4 is 29.4 Å². The molecular formula is C35H37ClF6N8O3. The Kier molecular flexibility index (Phi) is 11.0. The first-order valence-electron chi connectivity index (χ1n) is 16.3. The number of halogens is 7. The van der Waals surface area contributed by atoms with Crippen molar-refractivity contribution in [2.75, 3.05) is 6.61 Å². The highest BCUT2D eigenvalue weighted by molar-refractivity contribution is 6.33. The minimum absolute atomic E-state index is 0.00555. The second-order valence-electron chi connectivity index (χ2n) is 14.5. The van der Waals surface area contributed by atoms with E-state index < -0.39 is 66.8 Å². The first-order chi connectivity index (χ1) is 24.7. The topological polar surface area (TPSA) is 134 Å². The molecule has 0 saturated heterocycles. The first kappa shape index (κ1) is 39.3. The van der Waals surface area contributed by atoms with Crippen molar-refractivity contribution in [3.05, 3.63) is 77.3 Å². The van der Waals surface area contributed by atoms with Crippen molar-refractivity contribution in [3.63, 3.8) is 0 Å². The normalized spacial score (nSPS) is 17.3. The molecular weight excluding hydrogens is 730 g/mol. The van der Waals surface area contributed by atoms with Crippen molar-refractivity contribution in [1.29, 1.82) is 0 Å². The van der Waals surface area contributed by atoms with Gasteiger partial charge in [0.15, 0.2) is 17.3 Å². The fourth-order valence-electron chi connectivity index (χ4n) is 6.11. The second kappa shape index (κ2) is 14.8. The van der Waals surface area contributed by atoms with Gasteiger partial charge in [-0.3, -0.25) is 14.5 Å². The Balaban J connectivity index is 1.59. The number of carbonyl (C=O) groups is 2. The monoisotopic (exact) mass is 766 g/mol. The number of ether oxygens (including phenoxy) is 1. The lowest BCUT2D eigenvalue weighted by Gasteiger charge is -2.35. The molecule has 1 aliphatic rings. The summed E-state index contributed by atoms with van der Waals surface area (Å²) in [5.74, 6) is -2.19. The van der Waals surface area contributed by atoms with E-state index in [1.807, 2.05) is 20.8 Å². The van der Waals surface area contributed by atoms with Crippen LogP contribution in [0.4, 0.5) is 26.3 Å². The van der Waals surface area contributed by atoms with E-state index in [4.69, 9.17) is 27.1 Å². The molecule has 1 aliphatic heterocycles. The fraction of sp³-hybridized carbons (Fsp3) is 0.429. The van der Waals surface area contributed by atoms with Crippen LogP contribution in [0.2, 0.25) is 5.02 Å². The van der Waals surface area contributed by atoms with Gasteiger partial charge in [0.1, 0.15) is 12.9 Å². The predicted octanol–water partition coefficient (Wildman–Crippen LogP) is 8.01. The van der Waals surface area contributed by atoms with Crippen LogP contribution in [0.1, 0.15) is 77.7 Å². The van der Waals surface area contributed by atoms with Gasteiger partial charge in [-0.15, -0.1) is 0 Å². The standard InChI is InChI=1S/C35H37ClF6N8O3/c1-33(2,3)17-35(22-9-6-19(7-10-22)21-14-45-48(15-21)30(39)40)29(52)49(32(43)47-35)25(16-53-26(51)13-34(4,5)28(37)38)20-8-11-24(36)23(12-20)27-44-18-46-50(27)31(41)42/h6-12,14-15,18,25,28,30-31H,13,16-17H2,1-5H3,(H2,43,47)/t25-,35-/m1/s1. The molecule has 0 unspecified atom stereocenters. The molecule has 0 aliphatic carbocycles. The molecule has 0 saturated carbocycles. The molecule has 2 N–H and O–H groups in total. The highest BCUT2D eigenvalue weighted by Gasteiger charge is 2.53. The molecule has 2 aromatic carbocycles. The summed E-state index contributed by atoms with van der Waals surface area (Å²) < 4.78 is 87.6. The van der Waals surface area contributed by atoms with Crippen LogP contribution in [0.15, 0.2) is 66.2 Å². The number of benzene rings is 2. The number of rotatable bonds is 13. The van der Waals surface area contributed by atoms with Gasteiger partial charge in [-0.1, -0.05) is 76.6 Å². The number of nitrogens with zero attached hydrogens (tertiary/aromatic N) is 7. The third-order valence-corrected chi connectivity index (χ3v) is 9.02. The molecule has 2 atom stereocenters. The number of nitrogens with two attached hydrogens (primary N) is 1. The van der Waals surface area contributed by atoms with Crippen LogP contribution in [0.3, 0.4) is 0 Å². The first-order valence-corrected chi connectivity index (χ1v) is 16.7. The molecule has 18 heteroatoms. The van der Waals surface area contributed by atoms with Gasteiger partial charge >= 0.3 is 19.1 Å². The zero-order valence-corrected chi connectivity index (χ0v) is 30.0. The lowest BCUT2D eigenvalue weighted by molar-refractivity contribution is -0.152. The summed E-state index contributed by atoms with van der Waals surface area (Å²) in [6, 6.07) is 9.45. The number of guanidine groups is 1. The van der Waals surface area contributed by atoms with Gasteiger partial charge in [0.05, 0.1) is 23.7 Å². The molecule has 2 aromatic heterocycles. The van der Waals surface area contributed by atoms with Crippen LogP contribution in [0.25, 0.3) is 22.5 Å². The van der Waals surface area contributed by atoms with Crippen LogP contribution >= 0.6 is 11.6 Å². The third kappa shape index (κ3) is 8.19. The smallest absolute Gasteiger partial charge is 0.335 e. The molecule has 3 heterocycles. The SMILES string of the molecule is CC(C)(C)C[C@]1(c2ccc(-c3cnn(C(F)F)c3)cc2)N=C(N)N([C@H](COC(=O)CC(C)(C)C(F)F)c2ccc(Cl)c(-c3ncnn3C(F)F)c2)C1=O. The summed E-state index contributed by atoms with van der Waals surface area (Å²) in [7, 11) is 0. The summed E-state index contributed by atoms with van der Waals surface area (Å²) in [6.45, 7) is 1.56. The number of aliphatic imine (C=N–C) groups is 1. The molecule has 53 heavy (non-hydrogen) atoms. The zero-order valence-electron chi connectivity index (χ0n) is 29.3. The average molecular weight is 767 g/mol. The Morgan fingerprint density at radius 1 is 0.962 bits per heavy atom. The lowest BCUT2D eigenvalue weighted by atomic mass is 9.75. The predicted molar refractivity (Wildman–Crippen MR) is 183 cm³/mol. The molecule has 0 spiro atoms. The summed E-state index contributed by atoms with van der Waals surface area (Å²) in [5.41, 5.74) is 4.20. The molecule has 0 fully saturated rings. The molecule has 4 aromatic rings. The van der Waals surface area contributed by atoms with Crippen molar-refractivity contribution < 1.29 is 40.7 Å². The minimum atomic E-state index is -3.07. The zero-order chi connectivity index (χ0) is 39.0. The maximum atomic E-state index is 14.9. The van der Waals surface area contributed by atoms with Crippen LogP contribution in [-0.2, 0) is 19.9 Å². The largest absolute Gasteiger partial charge is 0.463 e. The Morgan fingerprint density at radius 2 is 1.64 bits per heavy atom. The van der Waals surface area contributed by atoms with Crippen LogP contribution in [0, 0.1) is 10.8 Å². The van der Waals surface area contributed by atoms with Crippen molar-refractivity contribution in [1.82, 2.24) is 29.4 Å². The quantitative estimate of drug-likeness (QED) is 0.108. The van der Waals surface area contributed by atoms with Crippen molar-refractivity contribution in [3.8, 4) is 22.5 Å². The number of alkyl halides is 6. The van der Waals surface area contributed by atoms with E-state index in [1.165, 1.54) is 44.4 Å². The molecule has 0 radical (unpaired) electrons. The van der Waals surface area contributed by atoms with Gasteiger partial charge < -0.3 is 10.5 Å². The Hall–Kier alpha value is -4.93. The van der Waals surface area contributed by atoms with E-state index in [0.29, 0.717) is 26.1 Å². The summed E-state index contributed by atoms with van der Waals surface area (Å²) >= 11 is 6.43. The molecule has 284 valence electrons. The third-order valence-electron chi connectivity index (χ3n) is 8.69. The Bertz CT molecular complexity index is 1990. The van der Waals surface area contributed by atoms with E-state index in [-0.39, 0.29) is 34.4 Å². The van der Waals surface area contributed by atoms with E-state index in [1.54, 1.807) is 24.3 Å². The Labute approximate surface area is 305 Å². The highest BCUT2D eigenvalue weighted by Crippen LogP contribution is 2.46. The van der Waals surface area contributed by atoms with E-state index >= 15 is 0 Å². The number of hydrogen-bond acceptors (Lipinski definition) is 8. The minimum Gasteiger partial charge on any atom is -0.463 e. The number of aromatic nitrogens is 5. The van der Waals surface area contributed by atoms with Gasteiger partial charge in [0.2, 0.25) is 6.43 Å². The molecule has 5 rings (SSSR count).